The van der Waals surface area contributed by atoms with E-state index in [2.05, 4.69) is 13.8 Å². The number of piperidine rings is 1. The predicted octanol–water partition coefficient (Wildman–Crippen LogP) is 4.83. The van der Waals surface area contributed by atoms with Crippen LogP contribution in [-0.2, 0) is 4.74 Å². The third-order valence-electron chi connectivity index (χ3n) is 4.45. The van der Waals surface area contributed by atoms with Crippen LogP contribution in [0.5, 0.6) is 0 Å². The van der Waals surface area contributed by atoms with Crippen molar-refractivity contribution in [2.75, 3.05) is 0 Å². The third kappa shape index (κ3) is 4.59. The van der Waals surface area contributed by atoms with E-state index in [1.165, 1.54) is 0 Å². The van der Waals surface area contributed by atoms with Gasteiger partial charge in [-0.05, 0) is 53.9 Å². The summed E-state index contributed by atoms with van der Waals surface area (Å²) >= 11 is 0. The molecule has 1 aromatic rings. The van der Waals surface area contributed by atoms with Gasteiger partial charge in [0, 0.05) is 23.6 Å². The Hall–Kier alpha value is -1.84. The lowest BCUT2D eigenvalue weighted by molar-refractivity contribution is -0.0262. The second-order valence-electron chi connectivity index (χ2n) is 8.20. The van der Waals surface area contributed by atoms with Gasteiger partial charge in [0.2, 0.25) is 0 Å². The van der Waals surface area contributed by atoms with Gasteiger partial charge in [-0.15, -0.1) is 0 Å². The molecule has 0 bridgehead atoms. The van der Waals surface area contributed by atoms with Crippen molar-refractivity contribution >= 4 is 11.9 Å². The molecule has 0 spiro atoms. The number of nitrogens with zero attached hydrogens (tertiary/aromatic N) is 1. The standard InChI is InChI=1S/C20H29NO3/c1-19(2,3)24-18(23)21-16(12-9-13-20(21,4)5)14-17(22)15-10-7-6-8-11-15/h6-8,10-11,16H,9,12-14H2,1-5H3. The summed E-state index contributed by atoms with van der Waals surface area (Å²) < 4.78 is 5.61. The number of ketones is 1. The fourth-order valence-electron chi connectivity index (χ4n) is 3.37. The van der Waals surface area contributed by atoms with Crippen LogP contribution in [0, 0.1) is 0 Å². The van der Waals surface area contributed by atoms with E-state index >= 15 is 0 Å². The highest BCUT2D eigenvalue weighted by atomic mass is 16.6. The van der Waals surface area contributed by atoms with Gasteiger partial charge in [-0.1, -0.05) is 30.3 Å². The Balaban J connectivity index is 2.19. The molecule has 0 aliphatic carbocycles. The average molecular weight is 331 g/mol. The van der Waals surface area contributed by atoms with Crippen LogP contribution in [0.25, 0.3) is 0 Å². The molecule has 1 saturated heterocycles. The van der Waals surface area contributed by atoms with E-state index < -0.39 is 5.60 Å². The number of benzene rings is 1. The monoisotopic (exact) mass is 331 g/mol. The number of rotatable bonds is 3. The number of ether oxygens (including phenoxy) is 1. The van der Waals surface area contributed by atoms with E-state index in [9.17, 15) is 9.59 Å². The van der Waals surface area contributed by atoms with Crippen LogP contribution in [0.15, 0.2) is 30.3 Å². The second-order valence-corrected chi connectivity index (χ2v) is 8.20. The van der Waals surface area contributed by atoms with Crippen LogP contribution in [0.3, 0.4) is 0 Å². The molecule has 1 unspecified atom stereocenters. The number of hydrogen-bond acceptors (Lipinski definition) is 3. The molecule has 0 saturated carbocycles. The molecule has 0 radical (unpaired) electrons. The van der Waals surface area contributed by atoms with Gasteiger partial charge < -0.3 is 4.74 Å². The van der Waals surface area contributed by atoms with Crippen LogP contribution in [0.2, 0.25) is 0 Å². The first-order chi connectivity index (χ1) is 11.1. The minimum atomic E-state index is -0.543. The van der Waals surface area contributed by atoms with Crippen LogP contribution in [0.1, 0.15) is 70.7 Å². The van der Waals surface area contributed by atoms with Crippen molar-refractivity contribution in [1.82, 2.24) is 4.90 Å². The molecule has 1 aromatic carbocycles. The Morgan fingerprint density at radius 2 is 1.83 bits per heavy atom. The van der Waals surface area contributed by atoms with Crippen LogP contribution in [0.4, 0.5) is 4.79 Å². The maximum atomic E-state index is 12.8. The molecular weight excluding hydrogens is 302 g/mol. The van der Waals surface area contributed by atoms with Crippen molar-refractivity contribution in [3.05, 3.63) is 35.9 Å². The van der Waals surface area contributed by atoms with E-state index in [4.69, 9.17) is 4.74 Å². The smallest absolute Gasteiger partial charge is 0.410 e. The quantitative estimate of drug-likeness (QED) is 0.745. The highest BCUT2D eigenvalue weighted by Crippen LogP contribution is 2.35. The topological polar surface area (TPSA) is 46.6 Å². The summed E-state index contributed by atoms with van der Waals surface area (Å²) in [6, 6.07) is 9.17. The van der Waals surface area contributed by atoms with Gasteiger partial charge in [0.25, 0.3) is 0 Å². The Kier molecular flexibility index (Phi) is 5.36. The highest BCUT2D eigenvalue weighted by Gasteiger charge is 2.42. The fourth-order valence-corrected chi connectivity index (χ4v) is 3.37. The van der Waals surface area contributed by atoms with Crippen molar-refractivity contribution in [3.8, 4) is 0 Å². The zero-order valence-electron chi connectivity index (χ0n) is 15.5. The van der Waals surface area contributed by atoms with E-state index in [0.717, 1.165) is 19.3 Å². The number of likely N-dealkylation sites (tertiary alicyclic amines) is 1. The molecule has 0 N–H and O–H groups in total. The number of Topliss-reactive ketones (excluding diaryl/α,β-unsaturated/α-hetero) is 1. The first kappa shape index (κ1) is 18.5. The lowest BCUT2D eigenvalue weighted by atomic mass is 9.84. The molecule has 1 amide bonds. The van der Waals surface area contributed by atoms with Crippen molar-refractivity contribution < 1.29 is 14.3 Å². The molecule has 132 valence electrons. The number of carbonyl (C=O) groups excluding carboxylic acids is 2. The number of hydrogen-bond donors (Lipinski definition) is 0. The SMILES string of the molecule is CC(C)(C)OC(=O)N1C(CC(=O)c2ccccc2)CCCC1(C)C. The lowest BCUT2D eigenvalue weighted by Crippen LogP contribution is -2.57. The summed E-state index contributed by atoms with van der Waals surface area (Å²) in [5.41, 5.74) is -0.147. The molecule has 4 nitrogen and oxygen atoms in total. The van der Waals surface area contributed by atoms with E-state index in [0.29, 0.717) is 12.0 Å². The molecule has 24 heavy (non-hydrogen) atoms. The minimum absolute atomic E-state index is 0.0758. The predicted molar refractivity (Wildman–Crippen MR) is 95.2 cm³/mol. The third-order valence-corrected chi connectivity index (χ3v) is 4.45. The molecule has 1 atom stereocenters. The Labute approximate surface area is 145 Å². The van der Waals surface area contributed by atoms with Crippen molar-refractivity contribution in [2.45, 2.75) is 77.5 Å². The zero-order chi connectivity index (χ0) is 18.0. The van der Waals surface area contributed by atoms with E-state index in [-0.39, 0.29) is 23.5 Å². The lowest BCUT2D eigenvalue weighted by Gasteiger charge is -2.47. The van der Waals surface area contributed by atoms with Crippen molar-refractivity contribution in [3.63, 3.8) is 0 Å². The summed E-state index contributed by atoms with van der Waals surface area (Å²) in [7, 11) is 0. The molecule has 0 aromatic heterocycles. The zero-order valence-corrected chi connectivity index (χ0v) is 15.5. The van der Waals surface area contributed by atoms with Gasteiger partial charge in [-0.2, -0.15) is 0 Å². The maximum absolute atomic E-state index is 12.8. The van der Waals surface area contributed by atoms with Crippen molar-refractivity contribution in [2.24, 2.45) is 0 Å². The van der Waals surface area contributed by atoms with E-state index in [1.54, 1.807) is 4.90 Å². The first-order valence-electron chi connectivity index (χ1n) is 8.71. The molecule has 4 heteroatoms. The van der Waals surface area contributed by atoms with Gasteiger partial charge in [0.05, 0.1) is 0 Å². The van der Waals surface area contributed by atoms with Crippen LogP contribution in [-0.4, -0.2) is 34.0 Å². The Morgan fingerprint density at radius 3 is 2.42 bits per heavy atom. The average Bonchev–Trinajstić information content (AvgIpc) is 2.45. The van der Waals surface area contributed by atoms with Gasteiger partial charge in [-0.3, -0.25) is 9.69 Å². The highest BCUT2D eigenvalue weighted by molar-refractivity contribution is 5.96. The van der Waals surface area contributed by atoms with Gasteiger partial charge >= 0.3 is 6.09 Å². The fraction of sp³-hybridized carbons (Fsp3) is 0.600. The minimum Gasteiger partial charge on any atom is -0.444 e. The summed E-state index contributed by atoms with van der Waals surface area (Å²) in [5.74, 6) is 0.0758. The summed E-state index contributed by atoms with van der Waals surface area (Å²) in [6.45, 7) is 9.70. The Bertz CT molecular complexity index is 587. The van der Waals surface area contributed by atoms with Crippen molar-refractivity contribution in [1.29, 1.82) is 0 Å². The Morgan fingerprint density at radius 1 is 1.21 bits per heavy atom. The number of amides is 1. The molecule has 1 aliphatic heterocycles. The van der Waals surface area contributed by atoms with E-state index in [1.807, 2.05) is 51.1 Å². The van der Waals surface area contributed by atoms with Gasteiger partial charge in [-0.25, -0.2) is 4.79 Å². The molecule has 2 rings (SSSR count). The van der Waals surface area contributed by atoms with Crippen LogP contribution < -0.4 is 0 Å². The largest absolute Gasteiger partial charge is 0.444 e. The molecule has 1 heterocycles. The van der Waals surface area contributed by atoms with Crippen LogP contribution >= 0.6 is 0 Å². The summed E-state index contributed by atoms with van der Waals surface area (Å²) in [4.78, 5) is 27.1. The normalized spacial score (nSPS) is 20.5. The molecular formula is C20H29NO3. The second kappa shape index (κ2) is 6.96. The maximum Gasteiger partial charge on any atom is 0.410 e. The van der Waals surface area contributed by atoms with Gasteiger partial charge in [0.15, 0.2) is 5.78 Å². The summed E-state index contributed by atoms with van der Waals surface area (Å²) in [6.07, 6.45) is 2.79. The number of carbonyl (C=O) groups is 2. The molecule has 1 aliphatic rings. The first-order valence-corrected chi connectivity index (χ1v) is 8.71. The summed E-state index contributed by atoms with van der Waals surface area (Å²) in [5, 5.41) is 0. The van der Waals surface area contributed by atoms with Gasteiger partial charge in [0.1, 0.15) is 5.60 Å². The molecule has 1 fully saturated rings.